The maximum Gasteiger partial charge on any atom is 0.410 e. The molecule has 2 heterocycles. The summed E-state index contributed by atoms with van der Waals surface area (Å²) in [5, 5.41) is 12.5. The van der Waals surface area contributed by atoms with Crippen molar-refractivity contribution in [2.45, 2.75) is 39.3 Å². The number of thiophene rings is 1. The second kappa shape index (κ2) is 6.77. The summed E-state index contributed by atoms with van der Waals surface area (Å²) in [4.78, 5) is 26.1. The fraction of sp³-hybridized carbons (Fsp3) is 0.533. The quantitative estimate of drug-likeness (QED) is 0.826. The molecule has 1 aromatic rings. The fourth-order valence-corrected chi connectivity index (χ4v) is 3.55. The lowest BCUT2D eigenvalue weighted by Crippen LogP contribution is -2.39. The van der Waals surface area contributed by atoms with Gasteiger partial charge in [0.05, 0.1) is 12.1 Å². The van der Waals surface area contributed by atoms with Crippen LogP contribution in [0, 0.1) is 11.3 Å². The van der Waals surface area contributed by atoms with Crippen LogP contribution in [0.25, 0.3) is 0 Å². The molecule has 6 nitrogen and oxygen atoms in total. The number of anilines is 1. The Kier molecular flexibility index (Phi) is 5.17. The molecule has 0 bridgehead atoms. The third kappa shape index (κ3) is 4.15. The maximum atomic E-state index is 12.2. The first-order valence-electron chi connectivity index (χ1n) is 7.13. The van der Waals surface area contributed by atoms with Crippen LogP contribution in [0.2, 0.25) is 0 Å². The van der Waals surface area contributed by atoms with Crippen LogP contribution >= 0.6 is 22.9 Å². The standard InChI is InChI=1S/C15H18ClN3O3S/c1-15(2,3)22-14(21)19-5-4-9-10(7-17)13(18-12(20)6-16)23-11(9)8-19/h4-6,8H2,1-3H3,(H,18,20). The number of carbonyl (C=O) groups excluding carboxylic acids is 2. The van der Waals surface area contributed by atoms with E-state index in [0.717, 1.165) is 10.4 Å². The Labute approximate surface area is 144 Å². The minimum atomic E-state index is -0.551. The molecule has 2 rings (SSSR count). The summed E-state index contributed by atoms with van der Waals surface area (Å²) >= 11 is 6.80. The number of hydrogen-bond acceptors (Lipinski definition) is 5. The SMILES string of the molecule is CC(C)(C)OC(=O)N1CCc2c(sc(NC(=O)CCl)c2C#N)C1. The van der Waals surface area contributed by atoms with Crippen molar-refractivity contribution in [3.8, 4) is 6.07 Å². The summed E-state index contributed by atoms with van der Waals surface area (Å²) in [7, 11) is 0. The Morgan fingerprint density at radius 3 is 2.74 bits per heavy atom. The van der Waals surface area contributed by atoms with Gasteiger partial charge in [-0.05, 0) is 32.8 Å². The second-order valence-electron chi connectivity index (χ2n) is 6.15. The maximum absolute atomic E-state index is 12.2. The van der Waals surface area contributed by atoms with Crippen molar-refractivity contribution < 1.29 is 14.3 Å². The predicted octanol–water partition coefficient (Wildman–Crippen LogP) is 3.09. The van der Waals surface area contributed by atoms with E-state index >= 15 is 0 Å². The topological polar surface area (TPSA) is 82.4 Å². The Morgan fingerprint density at radius 2 is 2.17 bits per heavy atom. The second-order valence-corrected chi connectivity index (χ2v) is 7.53. The third-order valence-corrected chi connectivity index (χ3v) is 4.57. The van der Waals surface area contributed by atoms with Gasteiger partial charge in [0.1, 0.15) is 22.6 Å². The molecule has 0 fully saturated rings. The Hall–Kier alpha value is -1.78. The van der Waals surface area contributed by atoms with Gasteiger partial charge < -0.3 is 15.0 Å². The average Bonchev–Trinajstić information content (AvgIpc) is 2.81. The van der Waals surface area contributed by atoms with E-state index in [1.54, 1.807) is 4.90 Å². The molecule has 1 N–H and O–H groups in total. The molecule has 0 atom stereocenters. The first-order chi connectivity index (χ1) is 10.7. The molecule has 0 spiro atoms. The predicted molar refractivity (Wildman–Crippen MR) is 88.7 cm³/mol. The summed E-state index contributed by atoms with van der Waals surface area (Å²) in [6.45, 7) is 6.31. The normalized spacial score (nSPS) is 14.0. The van der Waals surface area contributed by atoms with Gasteiger partial charge in [0.15, 0.2) is 0 Å². The number of ether oxygens (including phenoxy) is 1. The molecule has 0 unspecified atom stereocenters. The molecule has 0 aliphatic carbocycles. The van der Waals surface area contributed by atoms with E-state index in [0.29, 0.717) is 30.1 Å². The molecule has 23 heavy (non-hydrogen) atoms. The van der Waals surface area contributed by atoms with Crippen molar-refractivity contribution in [1.82, 2.24) is 4.90 Å². The van der Waals surface area contributed by atoms with Gasteiger partial charge in [0.2, 0.25) is 5.91 Å². The molecule has 1 aliphatic heterocycles. The smallest absolute Gasteiger partial charge is 0.410 e. The molecule has 8 heteroatoms. The number of nitriles is 1. The van der Waals surface area contributed by atoms with E-state index in [2.05, 4.69) is 11.4 Å². The van der Waals surface area contributed by atoms with E-state index in [-0.39, 0.29) is 17.9 Å². The molecule has 0 aromatic carbocycles. The van der Waals surface area contributed by atoms with E-state index in [9.17, 15) is 14.9 Å². The lowest BCUT2D eigenvalue weighted by atomic mass is 10.0. The number of hydrogen-bond donors (Lipinski definition) is 1. The largest absolute Gasteiger partial charge is 0.444 e. The van der Waals surface area contributed by atoms with Gasteiger partial charge >= 0.3 is 6.09 Å². The van der Waals surface area contributed by atoms with Crippen LogP contribution in [0.15, 0.2) is 0 Å². The van der Waals surface area contributed by atoms with Gasteiger partial charge in [-0.3, -0.25) is 4.79 Å². The molecule has 124 valence electrons. The number of fused-ring (bicyclic) bond motifs is 1. The minimum absolute atomic E-state index is 0.169. The minimum Gasteiger partial charge on any atom is -0.444 e. The monoisotopic (exact) mass is 355 g/mol. The Morgan fingerprint density at radius 1 is 1.48 bits per heavy atom. The summed E-state index contributed by atoms with van der Waals surface area (Å²) in [6.07, 6.45) is 0.187. The molecule has 0 saturated carbocycles. The third-order valence-electron chi connectivity index (χ3n) is 3.19. The van der Waals surface area contributed by atoms with Gasteiger partial charge in [-0.1, -0.05) is 0 Å². The first kappa shape index (κ1) is 17.6. The molecule has 1 aromatic heterocycles. The highest BCUT2D eigenvalue weighted by molar-refractivity contribution is 7.16. The van der Waals surface area contributed by atoms with Crippen LogP contribution in [0.5, 0.6) is 0 Å². The number of carbonyl (C=O) groups is 2. The molecule has 0 saturated heterocycles. The summed E-state index contributed by atoms with van der Waals surface area (Å²) in [5.41, 5.74) is 0.805. The van der Waals surface area contributed by atoms with Crippen molar-refractivity contribution in [1.29, 1.82) is 5.26 Å². The lowest BCUT2D eigenvalue weighted by Gasteiger charge is -2.29. The highest BCUT2D eigenvalue weighted by atomic mass is 35.5. The van der Waals surface area contributed by atoms with Crippen LogP contribution in [-0.2, 0) is 22.5 Å². The summed E-state index contributed by atoms with van der Waals surface area (Å²) < 4.78 is 5.38. The van der Waals surface area contributed by atoms with Crippen LogP contribution in [-0.4, -0.2) is 34.9 Å². The van der Waals surface area contributed by atoms with Crippen LogP contribution in [0.3, 0.4) is 0 Å². The zero-order valence-electron chi connectivity index (χ0n) is 13.2. The zero-order chi connectivity index (χ0) is 17.2. The highest BCUT2D eigenvalue weighted by Crippen LogP contribution is 2.36. The van der Waals surface area contributed by atoms with Gasteiger partial charge in [0, 0.05) is 11.4 Å². The van der Waals surface area contributed by atoms with Crippen LogP contribution in [0.4, 0.5) is 9.80 Å². The van der Waals surface area contributed by atoms with Crippen molar-refractivity contribution >= 4 is 39.9 Å². The van der Waals surface area contributed by atoms with E-state index in [1.807, 2.05) is 20.8 Å². The average molecular weight is 356 g/mol. The molecular formula is C15H18ClN3O3S. The van der Waals surface area contributed by atoms with E-state index in [4.69, 9.17) is 16.3 Å². The highest BCUT2D eigenvalue weighted by Gasteiger charge is 2.29. The van der Waals surface area contributed by atoms with Crippen molar-refractivity contribution in [3.05, 3.63) is 16.0 Å². The molecule has 0 radical (unpaired) electrons. The Balaban J connectivity index is 2.20. The zero-order valence-corrected chi connectivity index (χ0v) is 14.8. The lowest BCUT2D eigenvalue weighted by molar-refractivity contribution is -0.113. The van der Waals surface area contributed by atoms with Gasteiger partial charge in [-0.2, -0.15) is 5.26 Å². The van der Waals surface area contributed by atoms with Crippen molar-refractivity contribution in [2.24, 2.45) is 0 Å². The number of amides is 2. The number of alkyl halides is 1. The molecular weight excluding hydrogens is 338 g/mol. The van der Waals surface area contributed by atoms with Crippen LogP contribution in [0.1, 0.15) is 36.8 Å². The van der Waals surface area contributed by atoms with Crippen molar-refractivity contribution in [2.75, 3.05) is 17.7 Å². The summed E-state index contributed by atoms with van der Waals surface area (Å²) in [5.74, 6) is -0.525. The summed E-state index contributed by atoms with van der Waals surface area (Å²) in [6, 6.07) is 2.13. The molecule has 1 aliphatic rings. The number of nitrogens with one attached hydrogen (secondary N) is 1. The number of nitrogens with zero attached hydrogens (tertiary/aromatic N) is 2. The van der Waals surface area contributed by atoms with E-state index < -0.39 is 5.60 Å². The van der Waals surface area contributed by atoms with Gasteiger partial charge in [-0.25, -0.2) is 4.79 Å². The van der Waals surface area contributed by atoms with Gasteiger partial charge in [0.25, 0.3) is 0 Å². The van der Waals surface area contributed by atoms with Crippen LogP contribution < -0.4 is 5.32 Å². The first-order valence-corrected chi connectivity index (χ1v) is 8.48. The number of halogens is 1. The Bertz CT molecular complexity index is 673. The van der Waals surface area contributed by atoms with Gasteiger partial charge in [-0.15, -0.1) is 22.9 Å². The number of rotatable bonds is 2. The van der Waals surface area contributed by atoms with E-state index in [1.165, 1.54) is 11.3 Å². The molecule has 2 amide bonds. The van der Waals surface area contributed by atoms with Crippen molar-refractivity contribution in [3.63, 3.8) is 0 Å². The fourth-order valence-electron chi connectivity index (χ4n) is 2.25.